The standard InChI is InChI=1S/C20H19F2N3O2S/c1-13-19(26)25(16-6-7-17(21)18(22)12-16)20(28)24(13)15-4-2-14(3-5-15)23-8-10-27-11-9-23/h2-7,12-13H,8-11H2,1H3. The molecule has 1 unspecified atom stereocenters. The number of carbonyl (C=O) groups excluding carboxylic acids is 1. The summed E-state index contributed by atoms with van der Waals surface area (Å²) in [4.78, 5) is 18.0. The molecule has 2 fully saturated rings. The van der Waals surface area contributed by atoms with E-state index in [1.807, 2.05) is 24.3 Å². The molecule has 0 aromatic heterocycles. The van der Waals surface area contributed by atoms with Crippen LogP contribution >= 0.6 is 12.2 Å². The Balaban J connectivity index is 1.60. The van der Waals surface area contributed by atoms with E-state index in [4.69, 9.17) is 17.0 Å². The van der Waals surface area contributed by atoms with E-state index >= 15 is 0 Å². The molecular formula is C20H19F2N3O2S. The highest BCUT2D eigenvalue weighted by molar-refractivity contribution is 7.81. The normalized spacial score (nSPS) is 20.2. The van der Waals surface area contributed by atoms with E-state index in [1.165, 1.54) is 11.0 Å². The Kier molecular flexibility index (Phi) is 4.99. The third kappa shape index (κ3) is 3.22. The van der Waals surface area contributed by atoms with Gasteiger partial charge in [-0.3, -0.25) is 9.69 Å². The molecule has 0 radical (unpaired) electrons. The first kappa shape index (κ1) is 18.8. The number of carbonyl (C=O) groups is 1. The SMILES string of the molecule is CC1C(=O)N(c2ccc(F)c(F)c2)C(=S)N1c1ccc(N2CCOCC2)cc1. The van der Waals surface area contributed by atoms with Gasteiger partial charge in [-0.15, -0.1) is 0 Å². The summed E-state index contributed by atoms with van der Waals surface area (Å²) in [5, 5.41) is 0.239. The molecule has 1 amide bonds. The summed E-state index contributed by atoms with van der Waals surface area (Å²) in [5.41, 5.74) is 2.06. The Morgan fingerprint density at radius 2 is 1.57 bits per heavy atom. The molecule has 28 heavy (non-hydrogen) atoms. The lowest BCUT2D eigenvalue weighted by molar-refractivity contribution is -0.117. The lowest BCUT2D eigenvalue weighted by atomic mass is 10.2. The van der Waals surface area contributed by atoms with Gasteiger partial charge in [0.25, 0.3) is 5.91 Å². The maximum absolute atomic E-state index is 13.6. The van der Waals surface area contributed by atoms with Crippen LogP contribution in [0, 0.1) is 11.6 Å². The fraction of sp³-hybridized carbons (Fsp3) is 0.300. The second-order valence-electron chi connectivity index (χ2n) is 6.72. The number of anilines is 3. The van der Waals surface area contributed by atoms with Crippen LogP contribution in [0.5, 0.6) is 0 Å². The van der Waals surface area contributed by atoms with Gasteiger partial charge in [0.15, 0.2) is 16.7 Å². The number of rotatable bonds is 3. The van der Waals surface area contributed by atoms with Gasteiger partial charge in [0.1, 0.15) is 6.04 Å². The van der Waals surface area contributed by atoms with E-state index in [2.05, 4.69) is 4.90 Å². The van der Waals surface area contributed by atoms with Gasteiger partial charge in [0, 0.05) is 30.5 Å². The highest BCUT2D eigenvalue weighted by Crippen LogP contribution is 2.32. The summed E-state index contributed by atoms with van der Waals surface area (Å²) in [6, 6.07) is 10.6. The fourth-order valence-electron chi connectivity index (χ4n) is 3.51. The van der Waals surface area contributed by atoms with Gasteiger partial charge < -0.3 is 14.5 Å². The Labute approximate surface area is 167 Å². The van der Waals surface area contributed by atoms with Crippen LogP contribution in [0.2, 0.25) is 0 Å². The first-order valence-electron chi connectivity index (χ1n) is 9.02. The molecule has 0 aliphatic carbocycles. The minimum absolute atomic E-state index is 0.216. The number of hydrogen-bond donors (Lipinski definition) is 0. The number of ether oxygens (including phenoxy) is 1. The monoisotopic (exact) mass is 403 g/mol. The second kappa shape index (κ2) is 7.44. The number of amides is 1. The van der Waals surface area contributed by atoms with Crippen molar-refractivity contribution < 1.29 is 18.3 Å². The van der Waals surface area contributed by atoms with E-state index in [0.717, 1.165) is 36.6 Å². The maximum Gasteiger partial charge on any atom is 0.256 e. The Morgan fingerprint density at radius 1 is 0.964 bits per heavy atom. The van der Waals surface area contributed by atoms with Gasteiger partial charge in [-0.05, 0) is 55.5 Å². The zero-order valence-corrected chi connectivity index (χ0v) is 16.1. The van der Waals surface area contributed by atoms with E-state index < -0.39 is 17.7 Å². The fourth-order valence-corrected chi connectivity index (χ4v) is 3.97. The Hall–Kier alpha value is -2.58. The van der Waals surface area contributed by atoms with Crippen molar-refractivity contribution in [2.24, 2.45) is 0 Å². The van der Waals surface area contributed by atoms with Gasteiger partial charge >= 0.3 is 0 Å². The summed E-state index contributed by atoms with van der Waals surface area (Å²) < 4.78 is 32.3. The molecule has 2 aliphatic rings. The van der Waals surface area contributed by atoms with Crippen LogP contribution in [0.25, 0.3) is 0 Å². The molecule has 2 aromatic rings. The smallest absolute Gasteiger partial charge is 0.256 e. The predicted molar refractivity (Wildman–Crippen MR) is 108 cm³/mol. The zero-order chi connectivity index (χ0) is 19.8. The number of nitrogens with zero attached hydrogens (tertiary/aromatic N) is 3. The zero-order valence-electron chi connectivity index (χ0n) is 15.3. The lowest BCUT2D eigenvalue weighted by Gasteiger charge is -2.29. The van der Waals surface area contributed by atoms with Crippen molar-refractivity contribution in [3.05, 3.63) is 54.1 Å². The summed E-state index contributed by atoms with van der Waals surface area (Å²) >= 11 is 5.50. The molecule has 2 heterocycles. The van der Waals surface area contributed by atoms with Crippen molar-refractivity contribution in [2.75, 3.05) is 41.0 Å². The minimum Gasteiger partial charge on any atom is -0.378 e. The molecule has 0 spiro atoms. The maximum atomic E-state index is 13.6. The number of thiocarbonyl (C=S) groups is 1. The average molecular weight is 403 g/mol. The van der Waals surface area contributed by atoms with Gasteiger partial charge in [0.2, 0.25) is 0 Å². The summed E-state index contributed by atoms with van der Waals surface area (Å²) in [7, 11) is 0. The highest BCUT2D eigenvalue weighted by atomic mass is 32.1. The summed E-state index contributed by atoms with van der Waals surface area (Å²) in [6.45, 7) is 4.81. The third-order valence-corrected chi connectivity index (χ3v) is 5.41. The minimum atomic E-state index is -1.02. The van der Waals surface area contributed by atoms with Crippen LogP contribution in [-0.2, 0) is 9.53 Å². The molecular weight excluding hydrogens is 384 g/mol. The first-order chi connectivity index (χ1) is 13.5. The van der Waals surface area contributed by atoms with Gasteiger partial charge in [-0.2, -0.15) is 0 Å². The molecule has 2 saturated heterocycles. The van der Waals surface area contributed by atoms with Gasteiger partial charge in [0.05, 0.1) is 18.9 Å². The van der Waals surface area contributed by atoms with Crippen LogP contribution < -0.4 is 14.7 Å². The van der Waals surface area contributed by atoms with Gasteiger partial charge in [-0.25, -0.2) is 8.78 Å². The van der Waals surface area contributed by atoms with E-state index in [9.17, 15) is 13.6 Å². The summed E-state index contributed by atoms with van der Waals surface area (Å²) in [6.07, 6.45) is 0. The molecule has 2 aromatic carbocycles. The van der Waals surface area contributed by atoms with Crippen LogP contribution in [0.3, 0.4) is 0 Å². The van der Waals surface area contributed by atoms with Crippen LogP contribution in [0.15, 0.2) is 42.5 Å². The van der Waals surface area contributed by atoms with Crippen molar-refractivity contribution in [1.29, 1.82) is 0 Å². The van der Waals surface area contributed by atoms with Crippen molar-refractivity contribution in [1.82, 2.24) is 0 Å². The number of hydrogen-bond acceptors (Lipinski definition) is 4. The van der Waals surface area contributed by atoms with E-state index in [1.54, 1.807) is 11.8 Å². The average Bonchev–Trinajstić information content (AvgIpc) is 2.94. The molecule has 0 bridgehead atoms. The molecule has 4 rings (SSSR count). The molecule has 0 N–H and O–H groups in total. The molecule has 5 nitrogen and oxygen atoms in total. The van der Waals surface area contributed by atoms with E-state index in [0.29, 0.717) is 13.2 Å². The number of benzene rings is 2. The summed E-state index contributed by atoms with van der Waals surface area (Å²) in [5.74, 6) is -2.27. The van der Waals surface area contributed by atoms with Crippen molar-refractivity contribution >= 4 is 40.3 Å². The second-order valence-corrected chi connectivity index (χ2v) is 7.08. The molecule has 0 saturated carbocycles. The third-order valence-electron chi connectivity index (χ3n) is 5.03. The molecule has 146 valence electrons. The van der Waals surface area contributed by atoms with Crippen molar-refractivity contribution in [3.8, 4) is 0 Å². The van der Waals surface area contributed by atoms with Crippen LogP contribution in [-0.4, -0.2) is 43.4 Å². The van der Waals surface area contributed by atoms with Crippen molar-refractivity contribution in [3.63, 3.8) is 0 Å². The number of morpholine rings is 1. The quantitative estimate of drug-likeness (QED) is 0.735. The van der Waals surface area contributed by atoms with Gasteiger partial charge in [-0.1, -0.05) is 0 Å². The Morgan fingerprint density at radius 3 is 2.21 bits per heavy atom. The van der Waals surface area contributed by atoms with Crippen LogP contribution in [0.1, 0.15) is 6.92 Å². The van der Waals surface area contributed by atoms with Crippen LogP contribution in [0.4, 0.5) is 25.8 Å². The molecule has 8 heteroatoms. The largest absolute Gasteiger partial charge is 0.378 e. The lowest BCUT2D eigenvalue weighted by Crippen LogP contribution is -2.36. The topological polar surface area (TPSA) is 36.0 Å². The Bertz CT molecular complexity index is 916. The number of halogens is 2. The molecule has 1 atom stereocenters. The first-order valence-corrected chi connectivity index (χ1v) is 9.43. The van der Waals surface area contributed by atoms with E-state index in [-0.39, 0.29) is 16.7 Å². The highest BCUT2D eigenvalue weighted by Gasteiger charge is 2.41. The molecule has 2 aliphatic heterocycles. The van der Waals surface area contributed by atoms with Crippen molar-refractivity contribution in [2.45, 2.75) is 13.0 Å². The predicted octanol–water partition coefficient (Wildman–Crippen LogP) is 3.33.